The zero-order valence-electron chi connectivity index (χ0n) is 20.9. The number of nitrogens with zero attached hydrogens (tertiary/aromatic N) is 2. The Morgan fingerprint density at radius 1 is 1.03 bits per heavy atom. The molecule has 0 aliphatic rings. The predicted octanol–water partition coefficient (Wildman–Crippen LogP) is 4.71. The number of carbonyl (C=O) groups is 2. The average molecular weight is 543 g/mol. The third kappa shape index (κ3) is 7.35. The standard InChI is InChI=1S/C25H33Cl2N3O4S/c1-7-17(3)28-25(32)19(5)29(14-20-21(26)11-9-12-22(20)27)24(31)15-30(35(6,33)34)23-13-8-10-16(2)18(23)4/h8-13,17,19H,7,14-15H2,1-6H3,(H,28,32)/t17-,19-/m1/s1. The molecule has 0 saturated heterocycles. The molecule has 2 rings (SSSR count). The molecule has 0 unspecified atom stereocenters. The van der Waals surface area contributed by atoms with Gasteiger partial charge in [0.1, 0.15) is 12.6 Å². The summed E-state index contributed by atoms with van der Waals surface area (Å²) < 4.78 is 26.6. The van der Waals surface area contributed by atoms with Crippen LogP contribution in [-0.4, -0.2) is 50.0 Å². The molecule has 0 bridgehead atoms. The zero-order chi connectivity index (χ0) is 26.5. The summed E-state index contributed by atoms with van der Waals surface area (Å²) in [6, 6.07) is 9.26. The van der Waals surface area contributed by atoms with Crippen molar-refractivity contribution in [1.82, 2.24) is 10.2 Å². The van der Waals surface area contributed by atoms with E-state index in [4.69, 9.17) is 23.2 Å². The summed E-state index contributed by atoms with van der Waals surface area (Å²) >= 11 is 12.7. The normalized spacial score (nSPS) is 13.1. The maximum absolute atomic E-state index is 13.7. The second kappa shape index (κ2) is 12.1. The second-order valence-corrected chi connectivity index (χ2v) is 11.4. The van der Waals surface area contributed by atoms with E-state index in [9.17, 15) is 18.0 Å². The fourth-order valence-electron chi connectivity index (χ4n) is 3.50. The maximum Gasteiger partial charge on any atom is 0.244 e. The van der Waals surface area contributed by atoms with Crippen molar-refractivity contribution in [3.63, 3.8) is 0 Å². The van der Waals surface area contributed by atoms with Crippen LogP contribution < -0.4 is 9.62 Å². The van der Waals surface area contributed by atoms with Gasteiger partial charge >= 0.3 is 0 Å². The minimum atomic E-state index is -3.81. The molecular formula is C25H33Cl2N3O4S. The van der Waals surface area contributed by atoms with Crippen molar-refractivity contribution in [3.05, 3.63) is 63.1 Å². The lowest BCUT2D eigenvalue weighted by Gasteiger charge is -2.33. The smallest absolute Gasteiger partial charge is 0.244 e. The van der Waals surface area contributed by atoms with Crippen molar-refractivity contribution in [2.75, 3.05) is 17.1 Å². The van der Waals surface area contributed by atoms with Crippen LogP contribution in [0.25, 0.3) is 0 Å². The van der Waals surface area contributed by atoms with Crippen LogP contribution in [0, 0.1) is 13.8 Å². The van der Waals surface area contributed by atoms with Crippen LogP contribution in [-0.2, 0) is 26.2 Å². The van der Waals surface area contributed by atoms with Crippen LogP contribution in [0.5, 0.6) is 0 Å². The molecule has 0 fully saturated rings. The van der Waals surface area contributed by atoms with Gasteiger partial charge in [-0.15, -0.1) is 0 Å². The lowest BCUT2D eigenvalue weighted by Crippen LogP contribution is -2.52. The first-order valence-corrected chi connectivity index (χ1v) is 13.9. The highest BCUT2D eigenvalue weighted by molar-refractivity contribution is 7.92. The lowest BCUT2D eigenvalue weighted by atomic mass is 10.1. The van der Waals surface area contributed by atoms with E-state index in [2.05, 4.69) is 5.32 Å². The predicted molar refractivity (Wildman–Crippen MR) is 142 cm³/mol. The van der Waals surface area contributed by atoms with Crippen LogP contribution in [0.4, 0.5) is 5.69 Å². The number of anilines is 1. The van der Waals surface area contributed by atoms with E-state index in [1.807, 2.05) is 26.8 Å². The SMILES string of the molecule is CC[C@@H](C)NC(=O)[C@@H](C)N(Cc1c(Cl)cccc1Cl)C(=O)CN(c1cccc(C)c1C)S(C)(=O)=O. The number of hydrogen-bond donors (Lipinski definition) is 1. The highest BCUT2D eigenvalue weighted by atomic mass is 35.5. The van der Waals surface area contributed by atoms with Gasteiger partial charge in [-0.3, -0.25) is 13.9 Å². The number of amides is 2. The van der Waals surface area contributed by atoms with Crippen LogP contribution in [0.2, 0.25) is 10.0 Å². The molecule has 1 N–H and O–H groups in total. The Morgan fingerprint density at radius 3 is 2.14 bits per heavy atom. The highest BCUT2D eigenvalue weighted by Crippen LogP contribution is 2.28. The van der Waals surface area contributed by atoms with E-state index >= 15 is 0 Å². The van der Waals surface area contributed by atoms with E-state index < -0.39 is 28.5 Å². The van der Waals surface area contributed by atoms with Gasteiger partial charge in [0.2, 0.25) is 21.8 Å². The minimum absolute atomic E-state index is 0.0587. The van der Waals surface area contributed by atoms with Crippen molar-refractivity contribution in [3.8, 4) is 0 Å². The molecule has 35 heavy (non-hydrogen) atoms. The Hall–Kier alpha value is -2.29. The molecular weight excluding hydrogens is 509 g/mol. The number of rotatable bonds is 10. The van der Waals surface area contributed by atoms with Gasteiger partial charge in [0.15, 0.2) is 0 Å². The van der Waals surface area contributed by atoms with E-state index in [1.54, 1.807) is 44.2 Å². The first kappa shape index (κ1) is 28.9. The number of aryl methyl sites for hydroxylation is 1. The van der Waals surface area contributed by atoms with E-state index in [0.29, 0.717) is 21.3 Å². The zero-order valence-corrected chi connectivity index (χ0v) is 23.3. The van der Waals surface area contributed by atoms with E-state index in [1.165, 1.54) is 4.90 Å². The number of benzene rings is 2. The van der Waals surface area contributed by atoms with Crippen molar-refractivity contribution >= 4 is 50.7 Å². The Morgan fingerprint density at radius 2 is 1.60 bits per heavy atom. The van der Waals surface area contributed by atoms with Gasteiger partial charge in [0, 0.05) is 28.2 Å². The third-order valence-electron chi connectivity index (χ3n) is 6.08. The van der Waals surface area contributed by atoms with E-state index in [-0.39, 0.29) is 18.5 Å². The summed E-state index contributed by atoms with van der Waals surface area (Å²) in [4.78, 5) is 27.9. The monoisotopic (exact) mass is 541 g/mol. The molecule has 0 aliphatic heterocycles. The largest absolute Gasteiger partial charge is 0.352 e. The summed E-state index contributed by atoms with van der Waals surface area (Å²) in [6.45, 7) is 8.54. The van der Waals surface area contributed by atoms with Crippen molar-refractivity contribution in [1.29, 1.82) is 0 Å². The third-order valence-corrected chi connectivity index (χ3v) is 7.92. The van der Waals surface area contributed by atoms with Crippen LogP contribution >= 0.6 is 23.2 Å². The number of hydrogen-bond acceptors (Lipinski definition) is 4. The summed E-state index contributed by atoms with van der Waals surface area (Å²) in [5.41, 5.74) is 2.52. The maximum atomic E-state index is 13.7. The quantitative estimate of drug-likeness (QED) is 0.471. The number of sulfonamides is 1. The molecule has 0 saturated carbocycles. The molecule has 2 amide bonds. The number of carbonyl (C=O) groups excluding carboxylic acids is 2. The van der Waals surface area contributed by atoms with Gasteiger partial charge in [-0.05, 0) is 63.4 Å². The van der Waals surface area contributed by atoms with Gasteiger partial charge in [0.25, 0.3) is 0 Å². The molecule has 192 valence electrons. The average Bonchev–Trinajstić information content (AvgIpc) is 2.78. The summed E-state index contributed by atoms with van der Waals surface area (Å²) in [5, 5.41) is 3.57. The fourth-order valence-corrected chi connectivity index (χ4v) is 4.92. The first-order chi connectivity index (χ1) is 16.3. The second-order valence-electron chi connectivity index (χ2n) is 8.70. The molecule has 2 aromatic carbocycles. The van der Waals surface area contributed by atoms with Gasteiger partial charge in [-0.2, -0.15) is 0 Å². The highest BCUT2D eigenvalue weighted by Gasteiger charge is 2.31. The minimum Gasteiger partial charge on any atom is -0.352 e. The number of nitrogens with one attached hydrogen (secondary N) is 1. The first-order valence-electron chi connectivity index (χ1n) is 11.3. The molecule has 2 atom stereocenters. The Kier molecular flexibility index (Phi) is 10.0. The van der Waals surface area contributed by atoms with Crippen molar-refractivity contribution in [2.24, 2.45) is 0 Å². The van der Waals surface area contributed by atoms with Crippen LogP contribution in [0.1, 0.15) is 43.9 Å². The Balaban J connectivity index is 2.49. The Labute approximate surface area is 218 Å². The summed E-state index contributed by atoms with van der Waals surface area (Å²) in [6.07, 6.45) is 1.77. The summed E-state index contributed by atoms with van der Waals surface area (Å²) in [7, 11) is -3.81. The topological polar surface area (TPSA) is 86.8 Å². The molecule has 7 nitrogen and oxygen atoms in total. The van der Waals surface area contributed by atoms with Gasteiger partial charge in [-0.25, -0.2) is 8.42 Å². The van der Waals surface area contributed by atoms with Crippen LogP contribution in [0.15, 0.2) is 36.4 Å². The molecule has 0 heterocycles. The van der Waals surface area contributed by atoms with Crippen molar-refractivity contribution in [2.45, 2.75) is 59.7 Å². The molecule has 0 aliphatic carbocycles. The molecule has 2 aromatic rings. The fraction of sp³-hybridized carbons (Fsp3) is 0.440. The molecule has 0 spiro atoms. The van der Waals surface area contributed by atoms with E-state index in [0.717, 1.165) is 28.1 Å². The van der Waals surface area contributed by atoms with Gasteiger partial charge in [0.05, 0.1) is 11.9 Å². The molecule has 0 aromatic heterocycles. The van der Waals surface area contributed by atoms with Crippen molar-refractivity contribution < 1.29 is 18.0 Å². The number of halogens is 2. The lowest BCUT2D eigenvalue weighted by molar-refractivity contribution is -0.139. The summed E-state index contributed by atoms with van der Waals surface area (Å²) in [5.74, 6) is -0.910. The molecule has 0 radical (unpaired) electrons. The van der Waals surface area contributed by atoms with Crippen LogP contribution in [0.3, 0.4) is 0 Å². The van der Waals surface area contributed by atoms with Gasteiger partial charge in [-0.1, -0.05) is 48.3 Å². The molecule has 10 heteroatoms. The Bertz CT molecular complexity index is 1170. The van der Waals surface area contributed by atoms with Gasteiger partial charge < -0.3 is 10.2 Å².